The smallest absolute Gasteiger partial charge is 0.317 e. The zero-order chi connectivity index (χ0) is 13.7. The molecule has 0 aromatic heterocycles. The maximum Gasteiger partial charge on any atom is 0.317 e. The number of hydrogen-bond donors (Lipinski definition) is 1. The second-order valence-corrected chi connectivity index (χ2v) is 5.56. The van der Waals surface area contributed by atoms with Crippen LogP contribution in [-0.4, -0.2) is 24.0 Å². The molecule has 1 aromatic carbocycles. The van der Waals surface area contributed by atoms with Crippen LogP contribution >= 0.6 is 11.6 Å². The molecule has 1 aliphatic rings. The van der Waals surface area contributed by atoms with Gasteiger partial charge in [-0.25, -0.2) is 4.79 Å². The maximum atomic E-state index is 12.1. The number of rotatable bonds is 3. The third kappa shape index (κ3) is 3.87. The molecular weight excluding hydrogens is 260 g/mol. The van der Waals surface area contributed by atoms with Gasteiger partial charge in [-0.15, -0.1) is 0 Å². The molecule has 104 valence electrons. The van der Waals surface area contributed by atoms with Crippen molar-refractivity contribution in [1.82, 2.24) is 10.2 Å². The minimum Gasteiger partial charge on any atom is -0.334 e. The Morgan fingerprint density at radius 3 is 2.68 bits per heavy atom. The molecule has 0 radical (unpaired) electrons. The van der Waals surface area contributed by atoms with Gasteiger partial charge in [0.1, 0.15) is 0 Å². The van der Waals surface area contributed by atoms with Gasteiger partial charge in [0.05, 0.1) is 0 Å². The largest absolute Gasteiger partial charge is 0.334 e. The second-order valence-electron chi connectivity index (χ2n) is 5.15. The topological polar surface area (TPSA) is 32.3 Å². The summed E-state index contributed by atoms with van der Waals surface area (Å²) in [4.78, 5) is 13.9. The van der Waals surface area contributed by atoms with E-state index in [1.165, 1.54) is 19.3 Å². The number of carbonyl (C=O) groups excluding carboxylic acids is 1. The zero-order valence-electron chi connectivity index (χ0n) is 11.4. The molecule has 3 nitrogen and oxygen atoms in total. The van der Waals surface area contributed by atoms with Gasteiger partial charge in [0.25, 0.3) is 0 Å². The molecule has 0 aliphatic heterocycles. The van der Waals surface area contributed by atoms with Crippen molar-refractivity contribution < 1.29 is 4.79 Å². The van der Waals surface area contributed by atoms with Crippen molar-refractivity contribution in [2.24, 2.45) is 0 Å². The van der Waals surface area contributed by atoms with E-state index in [0.717, 1.165) is 18.4 Å². The lowest BCUT2D eigenvalue weighted by atomic mass is 9.95. The summed E-state index contributed by atoms with van der Waals surface area (Å²) in [7, 11) is 1.89. The molecule has 0 spiro atoms. The van der Waals surface area contributed by atoms with Crippen LogP contribution in [0.25, 0.3) is 0 Å². The number of hydrogen-bond acceptors (Lipinski definition) is 1. The van der Waals surface area contributed by atoms with Crippen molar-refractivity contribution in [3.05, 3.63) is 34.9 Å². The van der Waals surface area contributed by atoms with Crippen LogP contribution in [0.15, 0.2) is 24.3 Å². The molecule has 4 heteroatoms. The lowest BCUT2D eigenvalue weighted by Gasteiger charge is -2.31. The molecule has 2 rings (SSSR count). The van der Waals surface area contributed by atoms with Crippen LogP contribution in [0, 0.1) is 0 Å². The fraction of sp³-hybridized carbons (Fsp3) is 0.533. The summed E-state index contributed by atoms with van der Waals surface area (Å²) < 4.78 is 0. The molecule has 19 heavy (non-hydrogen) atoms. The summed E-state index contributed by atoms with van der Waals surface area (Å²) in [6.45, 7) is 0.482. The molecule has 1 aromatic rings. The minimum atomic E-state index is -0.00757. The van der Waals surface area contributed by atoms with Gasteiger partial charge in [0, 0.05) is 24.7 Å². The summed E-state index contributed by atoms with van der Waals surface area (Å²) in [5.74, 6) is 0. The highest BCUT2D eigenvalue weighted by Crippen LogP contribution is 2.21. The van der Waals surface area contributed by atoms with E-state index in [1.807, 2.05) is 36.2 Å². The average Bonchev–Trinajstić information content (AvgIpc) is 2.46. The number of halogens is 1. The maximum absolute atomic E-state index is 12.1. The van der Waals surface area contributed by atoms with Crippen molar-refractivity contribution in [3.63, 3.8) is 0 Å². The normalized spacial score (nSPS) is 16.1. The Balaban J connectivity index is 1.85. The van der Waals surface area contributed by atoms with Gasteiger partial charge in [-0.2, -0.15) is 0 Å². The summed E-state index contributed by atoms with van der Waals surface area (Å²) in [6, 6.07) is 7.98. The predicted molar refractivity (Wildman–Crippen MR) is 78.3 cm³/mol. The number of amides is 2. The van der Waals surface area contributed by atoms with Gasteiger partial charge in [-0.05, 0) is 24.5 Å². The van der Waals surface area contributed by atoms with Gasteiger partial charge >= 0.3 is 6.03 Å². The molecule has 0 atom stereocenters. The molecular formula is C15H21ClN2O. The summed E-state index contributed by atoms with van der Waals surface area (Å²) in [5, 5.41) is 3.64. The quantitative estimate of drug-likeness (QED) is 0.897. The highest BCUT2D eigenvalue weighted by Gasteiger charge is 2.21. The first-order chi connectivity index (χ1) is 9.18. The van der Waals surface area contributed by atoms with Gasteiger partial charge in [-0.3, -0.25) is 0 Å². The third-order valence-corrected chi connectivity index (χ3v) is 4.20. The van der Waals surface area contributed by atoms with Gasteiger partial charge in [0.15, 0.2) is 0 Å². The lowest BCUT2D eigenvalue weighted by molar-refractivity contribution is 0.173. The Kier molecular flexibility index (Phi) is 5.08. The van der Waals surface area contributed by atoms with Crippen LogP contribution in [0.3, 0.4) is 0 Å². The van der Waals surface area contributed by atoms with Crippen molar-refractivity contribution in [2.45, 2.75) is 44.7 Å². The van der Waals surface area contributed by atoms with Crippen molar-refractivity contribution >= 4 is 17.6 Å². The van der Waals surface area contributed by atoms with Crippen molar-refractivity contribution in [3.8, 4) is 0 Å². The molecule has 0 heterocycles. The highest BCUT2D eigenvalue weighted by atomic mass is 35.5. The van der Waals surface area contributed by atoms with E-state index in [1.54, 1.807) is 0 Å². The van der Waals surface area contributed by atoms with Crippen molar-refractivity contribution in [2.75, 3.05) is 7.05 Å². The summed E-state index contributed by atoms with van der Waals surface area (Å²) in [6.07, 6.45) is 6.00. The lowest BCUT2D eigenvalue weighted by Crippen LogP contribution is -2.44. The standard InChI is InChI=1S/C15H21ClN2O/c1-18(13-8-3-2-4-9-13)15(19)17-11-12-7-5-6-10-14(12)16/h5-7,10,13H,2-4,8-9,11H2,1H3,(H,17,19). The Hall–Kier alpha value is -1.22. The number of nitrogens with one attached hydrogen (secondary N) is 1. The molecule has 0 saturated heterocycles. The first-order valence-corrected chi connectivity index (χ1v) is 7.30. The van der Waals surface area contributed by atoms with E-state index in [4.69, 9.17) is 11.6 Å². The monoisotopic (exact) mass is 280 g/mol. The highest BCUT2D eigenvalue weighted by molar-refractivity contribution is 6.31. The Morgan fingerprint density at radius 2 is 2.00 bits per heavy atom. The summed E-state index contributed by atoms with van der Waals surface area (Å²) in [5.41, 5.74) is 0.953. The van der Waals surface area contributed by atoms with Crippen LogP contribution in [-0.2, 0) is 6.54 Å². The van der Waals surface area contributed by atoms with Crippen LogP contribution in [0.5, 0.6) is 0 Å². The van der Waals surface area contributed by atoms with Crippen LogP contribution in [0.2, 0.25) is 5.02 Å². The average molecular weight is 281 g/mol. The van der Waals surface area contributed by atoms with Gasteiger partial charge < -0.3 is 10.2 Å². The molecule has 1 saturated carbocycles. The number of nitrogens with zero attached hydrogens (tertiary/aromatic N) is 1. The Morgan fingerprint density at radius 1 is 1.32 bits per heavy atom. The Labute approximate surface area is 119 Å². The van der Waals surface area contributed by atoms with Crippen LogP contribution < -0.4 is 5.32 Å². The minimum absolute atomic E-state index is 0.00757. The van der Waals surface area contributed by atoms with E-state index in [2.05, 4.69) is 5.32 Å². The van der Waals surface area contributed by atoms with Gasteiger partial charge in [0.2, 0.25) is 0 Å². The van der Waals surface area contributed by atoms with E-state index in [0.29, 0.717) is 17.6 Å². The fourth-order valence-corrected chi connectivity index (χ4v) is 2.77. The second kappa shape index (κ2) is 6.80. The third-order valence-electron chi connectivity index (χ3n) is 3.83. The number of benzene rings is 1. The van der Waals surface area contributed by atoms with E-state index >= 15 is 0 Å². The van der Waals surface area contributed by atoms with Crippen LogP contribution in [0.4, 0.5) is 4.79 Å². The van der Waals surface area contributed by atoms with E-state index < -0.39 is 0 Å². The van der Waals surface area contributed by atoms with Crippen molar-refractivity contribution in [1.29, 1.82) is 0 Å². The van der Waals surface area contributed by atoms with Gasteiger partial charge in [-0.1, -0.05) is 49.1 Å². The Bertz CT molecular complexity index is 430. The predicted octanol–water partition coefficient (Wildman–Crippen LogP) is 3.81. The molecule has 0 unspecified atom stereocenters. The van der Waals surface area contributed by atoms with E-state index in [-0.39, 0.29) is 6.03 Å². The molecule has 2 amide bonds. The number of urea groups is 1. The number of carbonyl (C=O) groups is 1. The van der Waals surface area contributed by atoms with Crippen LogP contribution in [0.1, 0.15) is 37.7 Å². The fourth-order valence-electron chi connectivity index (χ4n) is 2.57. The van der Waals surface area contributed by atoms with E-state index in [9.17, 15) is 4.79 Å². The molecule has 0 bridgehead atoms. The SMILES string of the molecule is CN(C(=O)NCc1ccccc1Cl)C1CCCCC1. The summed E-state index contributed by atoms with van der Waals surface area (Å²) >= 11 is 6.07. The first kappa shape index (κ1) is 14.2. The molecule has 1 fully saturated rings. The first-order valence-electron chi connectivity index (χ1n) is 6.92. The molecule has 1 aliphatic carbocycles. The molecule has 1 N–H and O–H groups in total. The zero-order valence-corrected chi connectivity index (χ0v) is 12.1.